The summed E-state index contributed by atoms with van der Waals surface area (Å²) >= 11 is 1.73. The highest BCUT2D eigenvalue weighted by atomic mass is 32.2. The van der Waals surface area contributed by atoms with Crippen LogP contribution < -0.4 is 10.0 Å². The van der Waals surface area contributed by atoms with Gasteiger partial charge >= 0.3 is 0 Å². The Labute approximate surface area is 133 Å². The molecule has 2 N–H and O–H groups in total. The lowest BCUT2D eigenvalue weighted by molar-refractivity contribution is 0.569. The molecular weight excluding hydrogens is 304 g/mol. The van der Waals surface area contributed by atoms with Gasteiger partial charge in [0.05, 0.1) is 4.90 Å². The van der Waals surface area contributed by atoms with Crippen molar-refractivity contribution in [3.05, 3.63) is 29.8 Å². The molecule has 0 aromatic heterocycles. The first-order valence-corrected chi connectivity index (χ1v) is 9.97. The van der Waals surface area contributed by atoms with Crippen LogP contribution in [-0.2, 0) is 10.0 Å². The van der Waals surface area contributed by atoms with E-state index in [9.17, 15) is 8.42 Å². The van der Waals surface area contributed by atoms with Gasteiger partial charge in [-0.25, -0.2) is 13.1 Å². The first kappa shape index (κ1) is 18.5. The van der Waals surface area contributed by atoms with Gasteiger partial charge in [0.15, 0.2) is 0 Å². The molecule has 0 saturated carbocycles. The van der Waals surface area contributed by atoms with E-state index < -0.39 is 10.0 Å². The summed E-state index contributed by atoms with van der Waals surface area (Å²) in [5, 5.41) is 3.29. The zero-order chi connectivity index (χ0) is 15.9. The first-order chi connectivity index (χ1) is 9.90. The minimum Gasteiger partial charge on any atom is -0.310 e. The number of rotatable bonds is 9. The van der Waals surface area contributed by atoms with Crippen LogP contribution in [0.4, 0.5) is 0 Å². The van der Waals surface area contributed by atoms with Crippen LogP contribution in [0, 0.1) is 0 Å². The molecule has 2 unspecified atom stereocenters. The molecule has 0 aliphatic heterocycles. The Balaban J connectivity index is 2.85. The Morgan fingerprint density at radius 2 is 1.95 bits per heavy atom. The normalized spacial score (nSPS) is 14.9. The van der Waals surface area contributed by atoms with Crippen LogP contribution in [0.15, 0.2) is 29.2 Å². The van der Waals surface area contributed by atoms with E-state index in [1.165, 1.54) is 0 Å². The number of sulfonamides is 1. The number of hydrogen-bond acceptors (Lipinski definition) is 4. The minimum absolute atomic E-state index is 0.0743. The van der Waals surface area contributed by atoms with Gasteiger partial charge in [-0.05, 0) is 43.8 Å². The standard InChI is InChI=1S/C15H26N2O2S2/c1-5-16-13(4)14-8-7-9-15(10-14)21(18,19)17-12(3)11-20-6-2/h7-10,12-13,16-17H,5-6,11H2,1-4H3. The zero-order valence-corrected chi connectivity index (χ0v) is 14.9. The van der Waals surface area contributed by atoms with E-state index in [4.69, 9.17) is 0 Å². The van der Waals surface area contributed by atoms with Crippen LogP contribution in [0.1, 0.15) is 39.3 Å². The summed E-state index contributed by atoms with van der Waals surface area (Å²) in [6.07, 6.45) is 0. The van der Waals surface area contributed by atoms with Gasteiger partial charge in [0.1, 0.15) is 0 Å². The Kier molecular flexibility index (Phi) is 7.73. The Hall–Kier alpha value is -0.560. The van der Waals surface area contributed by atoms with Gasteiger partial charge < -0.3 is 5.32 Å². The molecule has 21 heavy (non-hydrogen) atoms. The molecule has 1 aromatic carbocycles. The van der Waals surface area contributed by atoms with E-state index in [2.05, 4.69) is 17.0 Å². The van der Waals surface area contributed by atoms with E-state index in [1.807, 2.05) is 26.8 Å². The molecule has 0 saturated heterocycles. The minimum atomic E-state index is -3.45. The maximum absolute atomic E-state index is 12.4. The smallest absolute Gasteiger partial charge is 0.240 e. The van der Waals surface area contributed by atoms with Gasteiger partial charge in [-0.3, -0.25) is 0 Å². The maximum Gasteiger partial charge on any atom is 0.240 e. The molecule has 0 amide bonds. The molecule has 0 bridgehead atoms. The molecule has 120 valence electrons. The quantitative estimate of drug-likeness (QED) is 0.731. The van der Waals surface area contributed by atoms with Gasteiger partial charge in [0.2, 0.25) is 10.0 Å². The molecule has 0 aliphatic carbocycles. The van der Waals surface area contributed by atoms with Crippen LogP contribution in [0.25, 0.3) is 0 Å². The van der Waals surface area contributed by atoms with Crippen LogP contribution in [-0.4, -0.2) is 32.5 Å². The van der Waals surface area contributed by atoms with Crippen LogP contribution in [0.5, 0.6) is 0 Å². The summed E-state index contributed by atoms with van der Waals surface area (Å²) in [7, 11) is -3.45. The average molecular weight is 331 g/mol. The summed E-state index contributed by atoms with van der Waals surface area (Å²) in [6.45, 7) is 8.87. The summed E-state index contributed by atoms with van der Waals surface area (Å²) in [6, 6.07) is 7.19. The monoisotopic (exact) mass is 330 g/mol. The topological polar surface area (TPSA) is 58.2 Å². The number of nitrogens with one attached hydrogen (secondary N) is 2. The van der Waals surface area contributed by atoms with E-state index in [0.29, 0.717) is 4.90 Å². The summed E-state index contributed by atoms with van der Waals surface area (Å²) in [4.78, 5) is 0.332. The zero-order valence-electron chi connectivity index (χ0n) is 13.2. The fourth-order valence-electron chi connectivity index (χ4n) is 2.04. The molecule has 6 heteroatoms. The number of benzene rings is 1. The number of hydrogen-bond donors (Lipinski definition) is 2. The highest BCUT2D eigenvalue weighted by Crippen LogP contribution is 2.18. The van der Waals surface area contributed by atoms with Crippen molar-refractivity contribution in [2.45, 2.75) is 44.7 Å². The third-order valence-electron chi connectivity index (χ3n) is 3.11. The second-order valence-electron chi connectivity index (χ2n) is 5.03. The summed E-state index contributed by atoms with van der Waals surface area (Å²) in [5.74, 6) is 1.77. The Morgan fingerprint density at radius 1 is 1.24 bits per heavy atom. The van der Waals surface area contributed by atoms with Crippen molar-refractivity contribution < 1.29 is 8.42 Å². The van der Waals surface area contributed by atoms with Crippen molar-refractivity contribution >= 4 is 21.8 Å². The highest BCUT2D eigenvalue weighted by molar-refractivity contribution is 7.99. The van der Waals surface area contributed by atoms with E-state index in [-0.39, 0.29) is 12.1 Å². The van der Waals surface area contributed by atoms with Gasteiger partial charge in [-0.15, -0.1) is 0 Å². The Bertz CT molecular complexity index is 532. The van der Waals surface area contributed by atoms with Crippen molar-refractivity contribution in [1.82, 2.24) is 10.0 Å². The van der Waals surface area contributed by atoms with Gasteiger partial charge in [0.25, 0.3) is 0 Å². The van der Waals surface area contributed by atoms with Crippen LogP contribution in [0.2, 0.25) is 0 Å². The van der Waals surface area contributed by atoms with E-state index in [1.54, 1.807) is 30.0 Å². The van der Waals surface area contributed by atoms with Gasteiger partial charge in [0, 0.05) is 17.8 Å². The molecule has 4 nitrogen and oxygen atoms in total. The lowest BCUT2D eigenvalue weighted by Gasteiger charge is -2.16. The Morgan fingerprint density at radius 3 is 2.57 bits per heavy atom. The SMILES string of the molecule is CCNC(C)c1cccc(S(=O)(=O)NC(C)CSCC)c1. The van der Waals surface area contributed by atoms with Crippen molar-refractivity contribution in [2.24, 2.45) is 0 Å². The third-order valence-corrected chi connectivity index (χ3v) is 5.84. The van der Waals surface area contributed by atoms with Crippen molar-refractivity contribution in [2.75, 3.05) is 18.1 Å². The summed E-state index contributed by atoms with van der Waals surface area (Å²) < 4.78 is 27.5. The lowest BCUT2D eigenvalue weighted by Crippen LogP contribution is -2.34. The lowest BCUT2D eigenvalue weighted by atomic mass is 10.1. The molecule has 1 aromatic rings. The molecule has 0 aliphatic rings. The molecule has 0 radical (unpaired) electrons. The predicted molar refractivity (Wildman–Crippen MR) is 91.3 cm³/mol. The van der Waals surface area contributed by atoms with Crippen LogP contribution in [0.3, 0.4) is 0 Å². The second-order valence-corrected chi connectivity index (χ2v) is 8.07. The largest absolute Gasteiger partial charge is 0.310 e. The molecule has 0 spiro atoms. The third kappa shape index (κ3) is 5.98. The van der Waals surface area contributed by atoms with Crippen molar-refractivity contribution in [1.29, 1.82) is 0 Å². The average Bonchev–Trinajstić information content (AvgIpc) is 2.45. The van der Waals surface area contributed by atoms with E-state index in [0.717, 1.165) is 23.6 Å². The maximum atomic E-state index is 12.4. The van der Waals surface area contributed by atoms with Crippen LogP contribution >= 0.6 is 11.8 Å². The molecule has 0 heterocycles. The van der Waals surface area contributed by atoms with E-state index >= 15 is 0 Å². The van der Waals surface area contributed by atoms with Crippen molar-refractivity contribution in [3.63, 3.8) is 0 Å². The highest BCUT2D eigenvalue weighted by Gasteiger charge is 2.18. The summed E-state index contributed by atoms with van der Waals surface area (Å²) in [5.41, 5.74) is 0.982. The molecule has 0 fully saturated rings. The predicted octanol–water partition coefficient (Wildman–Crippen LogP) is 2.78. The van der Waals surface area contributed by atoms with Gasteiger partial charge in [-0.1, -0.05) is 26.0 Å². The number of thioether (sulfide) groups is 1. The van der Waals surface area contributed by atoms with Crippen molar-refractivity contribution in [3.8, 4) is 0 Å². The van der Waals surface area contributed by atoms with Gasteiger partial charge in [-0.2, -0.15) is 11.8 Å². The fourth-order valence-corrected chi connectivity index (χ4v) is 4.11. The molecule has 1 rings (SSSR count). The molecule has 2 atom stereocenters. The second kappa shape index (κ2) is 8.78. The first-order valence-electron chi connectivity index (χ1n) is 7.34. The fraction of sp³-hybridized carbons (Fsp3) is 0.600. The molecular formula is C15H26N2O2S2.